The van der Waals surface area contributed by atoms with E-state index in [0.717, 1.165) is 45.8 Å². The standard InChI is InChI=1S/C10H22N4O.HI/c1-13(2)5-3-4-12-10(11)14-6-8-15-9-7-14;/h3-9H2,1-2H3,(H2,11,12);1H. The van der Waals surface area contributed by atoms with Crippen molar-refractivity contribution in [2.24, 2.45) is 10.7 Å². The number of aliphatic imine (C=N–C) groups is 1. The molecule has 1 heterocycles. The van der Waals surface area contributed by atoms with Crippen molar-refractivity contribution in [3.05, 3.63) is 0 Å². The first-order valence-electron chi connectivity index (χ1n) is 5.47. The van der Waals surface area contributed by atoms with E-state index < -0.39 is 0 Å². The highest BCUT2D eigenvalue weighted by Crippen LogP contribution is 1.96. The van der Waals surface area contributed by atoms with Gasteiger partial charge in [-0.15, -0.1) is 24.0 Å². The van der Waals surface area contributed by atoms with Crippen LogP contribution in [0, 0.1) is 0 Å². The molecule has 1 rings (SSSR count). The molecule has 0 aliphatic carbocycles. The molecule has 2 N–H and O–H groups in total. The third-order valence-corrected chi connectivity index (χ3v) is 2.37. The maximum atomic E-state index is 5.87. The van der Waals surface area contributed by atoms with Gasteiger partial charge in [0.2, 0.25) is 0 Å². The molecule has 96 valence electrons. The summed E-state index contributed by atoms with van der Waals surface area (Å²) in [4.78, 5) is 8.59. The number of rotatable bonds is 4. The molecule has 0 spiro atoms. The lowest BCUT2D eigenvalue weighted by Gasteiger charge is -2.27. The molecule has 0 radical (unpaired) electrons. The Kier molecular flexibility index (Phi) is 8.96. The first-order chi connectivity index (χ1) is 7.20. The van der Waals surface area contributed by atoms with Crippen LogP contribution in [0.1, 0.15) is 6.42 Å². The summed E-state index contributed by atoms with van der Waals surface area (Å²) >= 11 is 0. The van der Waals surface area contributed by atoms with Crippen molar-refractivity contribution in [1.82, 2.24) is 9.80 Å². The molecule has 1 saturated heterocycles. The molecule has 1 aliphatic heterocycles. The Balaban J connectivity index is 0.00000225. The lowest BCUT2D eigenvalue weighted by Crippen LogP contribution is -2.44. The van der Waals surface area contributed by atoms with Crippen molar-refractivity contribution in [2.75, 3.05) is 53.5 Å². The maximum Gasteiger partial charge on any atom is 0.191 e. The van der Waals surface area contributed by atoms with E-state index in [9.17, 15) is 0 Å². The van der Waals surface area contributed by atoms with Crippen molar-refractivity contribution in [1.29, 1.82) is 0 Å². The van der Waals surface area contributed by atoms with Gasteiger partial charge >= 0.3 is 0 Å². The molecule has 0 unspecified atom stereocenters. The summed E-state index contributed by atoms with van der Waals surface area (Å²) in [5.41, 5.74) is 5.87. The molecule has 0 saturated carbocycles. The number of hydrogen-bond acceptors (Lipinski definition) is 3. The maximum absolute atomic E-state index is 5.87. The first kappa shape index (κ1) is 15.9. The van der Waals surface area contributed by atoms with E-state index in [1.807, 2.05) is 0 Å². The molecule has 5 nitrogen and oxygen atoms in total. The first-order valence-corrected chi connectivity index (χ1v) is 5.47. The third-order valence-electron chi connectivity index (χ3n) is 2.37. The molecule has 6 heteroatoms. The van der Waals surface area contributed by atoms with Crippen LogP contribution in [-0.2, 0) is 4.74 Å². The fourth-order valence-electron chi connectivity index (χ4n) is 1.47. The van der Waals surface area contributed by atoms with E-state index >= 15 is 0 Å². The summed E-state index contributed by atoms with van der Waals surface area (Å²) in [5.74, 6) is 0.664. The van der Waals surface area contributed by atoms with Crippen LogP contribution in [0.2, 0.25) is 0 Å². The zero-order valence-electron chi connectivity index (χ0n) is 10.2. The highest BCUT2D eigenvalue weighted by atomic mass is 127. The topological polar surface area (TPSA) is 54.1 Å². The molecule has 1 fully saturated rings. The van der Waals surface area contributed by atoms with Crippen LogP contribution < -0.4 is 5.73 Å². The van der Waals surface area contributed by atoms with Crippen molar-refractivity contribution < 1.29 is 4.74 Å². The van der Waals surface area contributed by atoms with Gasteiger partial charge in [-0.25, -0.2) is 0 Å². The predicted octanol–water partition coefficient (Wildman–Crippen LogP) is 0.203. The SMILES string of the molecule is CN(C)CCCN=C(N)N1CCOCC1.I. The summed E-state index contributed by atoms with van der Waals surface area (Å²) in [6, 6.07) is 0. The number of guanidine groups is 1. The Morgan fingerprint density at radius 1 is 1.38 bits per heavy atom. The number of ether oxygens (including phenoxy) is 1. The summed E-state index contributed by atoms with van der Waals surface area (Å²) < 4.78 is 5.25. The molecular weight excluding hydrogens is 319 g/mol. The smallest absolute Gasteiger partial charge is 0.191 e. The second-order valence-corrected chi connectivity index (χ2v) is 4.00. The van der Waals surface area contributed by atoms with Crippen molar-refractivity contribution >= 4 is 29.9 Å². The number of nitrogens with two attached hydrogens (primary N) is 1. The van der Waals surface area contributed by atoms with E-state index in [1.165, 1.54) is 0 Å². The van der Waals surface area contributed by atoms with E-state index in [1.54, 1.807) is 0 Å². The van der Waals surface area contributed by atoms with Crippen molar-refractivity contribution in [3.63, 3.8) is 0 Å². The second kappa shape index (κ2) is 9.00. The average Bonchev–Trinajstić information content (AvgIpc) is 2.25. The van der Waals surface area contributed by atoms with Crippen LogP contribution in [0.5, 0.6) is 0 Å². The zero-order chi connectivity index (χ0) is 11.1. The Bertz CT molecular complexity index is 205. The fourth-order valence-corrected chi connectivity index (χ4v) is 1.47. The predicted molar refractivity (Wildman–Crippen MR) is 77.5 cm³/mol. The lowest BCUT2D eigenvalue weighted by atomic mass is 10.4. The molecule has 0 amide bonds. The molecular formula is C10H23IN4O. The number of nitrogens with zero attached hydrogens (tertiary/aromatic N) is 3. The minimum atomic E-state index is 0. The molecule has 16 heavy (non-hydrogen) atoms. The summed E-state index contributed by atoms with van der Waals surface area (Å²) in [7, 11) is 4.13. The number of morpholine rings is 1. The van der Waals surface area contributed by atoms with Gasteiger partial charge in [0.15, 0.2) is 5.96 Å². The van der Waals surface area contributed by atoms with Gasteiger partial charge in [0.25, 0.3) is 0 Å². The normalized spacial score (nSPS) is 17.4. The van der Waals surface area contributed by atoms with Crippen LogP contribution in [0.4, 0.5) is 0 Å². The van der Waals surface area contributed by atoms with E-state index in [2.05, 4.69) is 28.9 Å². The lowest BCUT2D eigenvalue weighted by molar-refractivity contribution is 0.0674. The highest BCUT2D eigenvalue weighted by Gasteiger charge is 2.11. The second-order valence-electron chi connectivity index (χ2n) is 4.00. The van der Waals surface area contributed by atoms with Gasteiger partial charge in [-0.2, -0.15) is 0 Å². The van der Waals surface area contributed by atoms with Gasteiger partial charge in [-0.1, -0.05) is 0 Å². The monoisotopic (exact) mass is 342 g/mol. The third kappa shape index (κ3) is 6.49. The van der Waals surface area contributed by atoms with Gasteiger partial charge in [0, 0.05) is 19.6 Å². The van der Waals surface area contributed by atoms with E-state index in [0.29, 0.717) is 5.96 Å². The minimum absolute atomic E-state index is 0. The number of hydrogen-bond donors (Lipinski definition) is 1. The largest absolute Gasteiger partial charge is 0.378 e. The van der Waals surface area contributed by atoms with Crippen molar-refractivity contribution in [3.8, 4) is 0 Å². The number of halogens is 1. The highest BCUT2D eigenvalue weighted by molar-refractivity contribution is 14.0. The Labute approximate surface area is 115 Å². The Morgan fingerprint density at radius 3 is 2.56 bits per heavy atom. The molecule has 0 atom stereocenters. The van der Waals surface area contributed by atoms with E-state index in [-0.39, 0.29) is 24.0 Å². The molecule has 0 bridgehead atoms. The van der Waals surface area contributed by atoms with Gasteiger partial charge in [-0.05, 0) is 27.1 Å². The van der Waals surface area contributed by atoms with Crippen LogP contribution >= 0.6 is 24.0 Å². The van der Waals surface area contributed by atoms with Crippen LogP contribution in [-0.4, -0.2) is 69.2 Å². The molecule has 0 aromatic carbocycles. The molecule has 0 aromatic rings. The fraction of sp³-hybridized carbons (Fsp3) is 0.900. The summed E-state index contributed by atoms with van der Waals surface area (Å²) in [6.45, 7) is 5.11. The van der Waals surface area contributed by atoms with Gasteiger partial charge in [0.05, 0.1) is 13.2 Å². The summed E-state index contributed by atoms with van der Waals surface area (Å²) in [6.07, 6.45) is 1.05. The zero-order valence-corrected chi connectivity index (χ0v) is 12.5. The van der Waals surface area contributed by atoms with Crippen molar-refractivity contribution in [2.45, 2.75) is 6.42 Å². The quantitative estimate of drug-likeness (QED) is 0.343. The van der Waals surface area contributed by atoms with Gasteiger partial charge in [-0.3, -0.25) is 4.99 Å². The Hall–Kier alpha value is -0.0800. The van der Waals surface area contributed by atoms with Crippen LogP contribution in [0.15, 0.2) is 4.99 Å². The Morgan fingerprint density at radius 2 is 2.00 bits per heavy atom. The van der Waals surface area contributed by atoms with Gasteiger partial charge in [0.1, 0.15) is 0 Å². The summed E-state index contributed by atoms with van der Waals surface area (Å²) in [5, 5.41) is 0. The van der Waals surface area contributed by atoms with Crippen LogP contribution in [0.3, 0.4) is 0 Å². The molecule has 1 aliphatic rings. The average molecular weight is 342 g/mol. The van der Waals surface area contributed by atoms with E-state index in [4.69, 9.17) is 10.5 Å². The van der Waals surface area contributed by atoms with Gasteiger partial charge < -0.3 is 20.3 Å². The minimum Gasteiger partial charge on any atom is -0.378 e. The molecule has 0 aromatic heterocycles. The van der Waals surface area contributed by atoms with Crippen LogP contribution in [0.25, 0.3) is 0 Å².